The summed E-state index contributed by atoms with van der Waals surface area (Å²) in [6.45, 7) is 3.59. The van der Waals surface area contributed by atoms with Crippen LogP contribution in [0.4, 0.5) is 0 Å². The molecule has 0 bridgehead atoms. The third-order valence-corrected chi connectivity index (χ3v) is 2.52. The van der Waals surface area contributed by atoms with Crippen molar-refractivity contribution in [2.75, 3.05) is 0 Å². The van der Waals surface area contributed by atoms with Gasteiger partial charge in [-0.25, -0.2) is 4.79 Å². The molecule has 0 saturated heterocycles. The van der Waals surface area contributed by atoms with Crippen molar-refractivity contribution >= 4 is 17.8 Å². The molecular formula is C13H20NNaO5. The van der Waals surface area contributed by atoms with Gasteiger partial charge in [0.1, 0.15) is 6.04 Å². The van der Waals surface area contributed by atoms with Gasteiger partial charge < -0.3 is 15.3 Å². The smallest absolute Gasteiger partial charge is 0.862 e. The van der Waals surface area contributed by atoms with Crippen molar-refractivity contribution in [1.29, 1.82) is 0 Å². The number of hydrogen-bond acceptors (Lipinski definition) is 4. The molecule has 0 aromatic carbocycles. The fourth-order valence-corrected chi connectivity index (χ4v) is 1.48. The zero-order valence-electron chi connectivity index (χ0n) is 11.9. The predicted molar refractivity (Wildman–Crippen MR) is 69.0 cm³/mol. The second kappa shape index (κ2) is 13.1. The molecule has 0 radical (unpaired) electrons. The third-order valence-electron chi connectivity index (χ3n) is 2.52. The number of aliphatic imine (C=N–C) groups is 1. The maximum absolute atomic E-state index is 11.4. The first-order valence-corrected chi connectivity index (χ1v) is 6.26. The summed E-state index contributed by atoms with van der Waals surface area (Å²) in [7, 11) is 0. The van der Waals surface area contributed by atoms with Crippen LogP contribution in [-0.4, -0.2) is 34.1 Å². The Morgan fingerprint density at radius 3 is 2.35 bits per heavy atom. The van der Waals surface area contributed by atoms with Gasteiger partial charge in [0.05, 0.1) is 0 Å². The zero-order chi connectivity index (χ0) is 14.7. The van der Waals surface area contributed by atoms with Gasteiger partial charge in [-0.2, -0.15) is 0 Å². The molecule has 0 unspecified atom stereocenters. The number of carboxylic acids is 2. The normalized spacial score (nSPS) is 12.3. The molecule has 0 aliphatic carbocycles. The van der Waals surface area contributed by atoms with E-state index in [-0.39, 0.29) is 48.8 Å². The van der Waals surface area contributed by atoms with E-state index in [0.717, 1.165) is 19.3 Å². The summed E-state index contributed by atoms with van der Waals surface area (Å²) in [6, 6.07) is -1.25. The molecule has 0 aliphatic rings. The molecule has 0 fully saturated rings. The maximum Gasteiger partial charge on any atom is 1.00 e. The second-order valence-corrected chi connectivity index (χ2v) is 4.20. The summed E-state index contributed by atoms with van der Waals surface area (Å²) in [4.78, 5) is 24.7. The van der Waals surface area contributed by atoms with Crippen LogP contribution < -0.4 is 34.7 Å². The van der Waals surface area contributed by atoms with Gasteiger partial charge in [-0.3, -0.25) is 9.79 Å². The number of nitrogens with zero attached hydrogens (tertiary/aromatic N) is 1. The van der Waals surface area contributed by atoms with Crippen molar-refractivity contribution in [2.45, 2.75) is 51.0 Å². The van der Waals surface area contributed by atoms with E-state index in [1.165, 1.54) is 0 Å². The molecule has 1 atom stereocenters. The van der Waals surface area contributed by atoms with E-state index < -0.39 is 23.9 Å². The van der Waals surface area contributed by atoms with E-state index in [4.69, 9.17) is 10.2 Å². The Kier molecular flexibility index (Phi) is 14.1. The van der Waals surface area contributed by atoms with E-state index in [1.807, 2.05) is 0 Å². The SMILES string of the molecule is C=CCCCCCC([O-])=N[C@@H](CCC(=O)O)C(=O)O.[Na+]. The van der Waals surface area contributed by atoms with Crippen molar-refractivity contribution in [1.82, 2.24) is 0 Å². The van der Waals surface area contributed by atoms with E-state index in [9.17, 15) is 14.7 Å². The summed E-state index contributed by atoms with van der Waals surface area (Å²) in [5, 5.41) is 28.7. The molecule has 6 nitrogen and oxygen atoms in total. The van der Waals surface area contributed by atoms with Crippen LogP contribution in [0.3, 0.4) is 0 Å². The van der Waals surface area contributed by atoms with Gasteiger partial charge in [-0.15, -0.1) is 6.58 Å². The molecule has 0 aliphatic heterocycles. The zero-order valence-corrected chi connectivity index (χ0v) is 13.9. The van der Waals surface area contributed by atoms with Crippen molar-refractivity contribution in [2.24, 2.45) is 4.99 Å². The van der Waals surface area contributed by atoms with Crippen molar-refractivity contribution in [3.05, 3.63) is 12.7 Å². The molecule has 0 saturated carbocycles. The quantitative estimate of drug-likeness (QED) is 0.154. The maximum atomic E-state index is 11.4. The van der Waals surface area contributed by atoms with Gasteiger partial charge in [0.15, 0.2) is 0 Å². The molecule has 0 amide bonds. The van der Waals surface area contributed by atoms with Crippen molar-refractivity contribution in [3.8, 4) is 0 Å². The number of allylic oxidation sites excluding steroid dienone is 1. The van der Waals surface area contributed by atoms with Gasteiger partial charge in [-0.1, -0.05) is 12.5 Å². The number of carbonyl (C=O) groups is 2. The Morgan fingerprint density at radius 2 is 1.85 bits per heavy atom. The molecule has 0 aromatic heterocycles. The van der Waals surface area contributed by atoms with Gasteiger partial charge in [0.2, 0.25) is 0 Å². The largest absolute Gasteiger partial charge is 1.00 e. The van der Waals surface area contributed by atoms with Crippen molar-refractivity contribution in [3.63, 3.8) is 0 Å². The molecule has 108 valence electrons. The summed E-state index contributed by atoms with van der Waals surface area (Å²) >= 11 is 0. The van der Waals surface area contributed by atoms with E-state index in [1.54, 1.807) is 6.08 Å². The Hall–Kier alpha value is -0.850. The van der Waals surface area contributed by atoms with Crippen LogP contribution in [0.5, 0.6) is 0 Å². The van der Waals surface area contributed by atoms with E-state index >= 15 is 0 Å². The minimum atomic E-state index is -1.26. The number of aliphatic carboxylic acids is 2. The average Bonchev–Trinajstić information content (AvgIpc) is 2.33. The minimum absolute atomic E-state index is 0. The van der Waals surface area contributed by atoms with Gasteiger partial charge >= 0.3 is 41.5 Å². The summed E-state index contributed by atoms with van der Waals surface area (Å²) in [6.07, 6.45) is 4.88. The Balaban J connectivity index is 0. The van der Waals surface area contributed by atoms with E-state index in [0.29, 0.717) is 6.42 Å². The van der Waals surface area contributed by atoms with Crippen LogP contribution in [0.1, 0.15) is 44.9 Å². The first kappa shape index (κ1) is 21.4. The summed E-state index contributed by atoms with van der Waals surface area (Å²) in [5.74, 6) is -2.84. The van der Waals surface area contributed by atoms with Crippen LogP contribution in [0, 0.1) is 0 Å². The first-order chi connectivity index (χ1) is 8.97. The summed E-state index contributed by atoms with van der Waals surface area (Å²) in [5.41, 5.74) is 0. The second-order valence-electron chi connectivity index (χ2n) is 4.20. The molecule has 0 aromatic rings. The Labute approximate surface area is 140 Å². The molecular weight excluding hydrogens is 273 g/mol. The standard InChI is InChI=1S/C13H21NO5.Na/c1-2-3-4-5-6-7-11(15)14-10(13(18)19)8-9-12(16)17;/h2,10H,1,3-9H2,(H,14,15)(H,16,17)(H,18,19);/q;+1/p-1/t10-;/m0./s1. The van der Waals surface area contributed by atoms with Crippen LogP contribution in [-0.2, 0) is 9.59 Å². The summed E-state index contributed by atoms with van der Waals surface area (Å²) < 4.78 is 0. The van der Waals surface area contributed by atoms with Gasteiger partial charge in [0.25, 0.3) is 0 Å². The Bertz CT molecular complexity index is 344. The number of unbranched alkanes of at least 4 members (excludes halogenated alkanes) is 3. The fraction of sp³-hybridized carbons (Fsp3) is 0.615. The molecule has 0 heterocycles. The predicted octanol–water partition coefficient (Wildman–Crippen LogP) is -1.80. The van der Waals surface area contributed by atoms with Crippen LogP contribution in [0.15, 0.2) is 17.6 Å². The number of carboxylic acid groups (broad SMARTS) is 2. The van der Waals surface area contributed by atoms with Crippen LogP contribution in [0.2, 0.25) is 0 Å². The first-order valence-electron chi connectivity index (χ1n) is 6.26. The van der Waals surface area contributed by atoms with Crippen LogP contribution >= 0.6 is 0 Å². The number of rotatable bonds is 11. The van der Waals surface area contributed by atoms with Gasteiger partial charge in [0, 0.05) is 6.42 Å². The average molecular weight is 293 g/mol. The monoisotopic (exact) mass is 293 g/mol. The molecule has 20 heavy (non-hydrogen) atoms. The molecule has 0 rings (SSSR count). The molecule has 2 N–H and O–H groups in total. The molecule has 0 spiro atoms. The topological polar surface area (TPSA) is 110 Å². The van der Waals surface area contributed by atoms with Gasteiger partial charge in [-0.05, 0) is 38.0 Å². The number of hydrogen-bond donors (Lipinski definition) is 2. The third kappa shape index (κ3) is 12.2. The molecule has 7 heteroatoms. The van der Waals surface area contributed by atoms with Crippen molar-refractivity contribution < 1.29 is 54.5 Å². The fourth-order valence-electron chi connectivity index (χ4n) is 1.48. The van der Waals surface area contributed by atoms with Crippen LogP contribution in [0.25, 0.3) is 0 Å². The Morgan fingerprint density at radius 1 is 1.20 bits per heavy atom. The van der Waals surface area contributed by atoms with E-state index in [2.05, 4.69) is 11.6 Å². The minimum Gasteiger partial charge on any atom is -0.862 e.